The molecule has 0 spiro atoms. The van der Waals surface area contributed by atoms with Gasteiger partial charge in [0.1, 0.15) is 5.82 Å². The minimum Gasteiger partial charge on any atom is -0.380 e. The van der Waals surface area contributed by atoms with Crippen LogP contribution in [0, 0.1) is 0 Å². The van der Waals surface area contributed by atoms with E-state index >= 15 is 0 Å². The zero-order chi connectivity index (χ0) is 23.4. The normalized spacial score (nSPS) is 13.2. The number of nitrogens with zero attached hydrogens (tertiary/aromatic N) is 3. The molecule has 0 atom stereocenters. The number of nitrogens with one attached hydrogen (secondary N) is 2. The van der Waals surface area contributed by atoms with Crippen LogP contribution in [0.4, 0.5) is 22.0 Å². The van der Waals surface area contributed by atoms with Gasteiger partial charge in [-0.2, -0.15) is 0 Å². The maximum atomic E-state index is 12.0. The summed E-state index contributed by atoms with van der Waals surface area (Å²) < 4.78 is 0. The lowest BCUT2D eigenvalue weighted by Crippen LogP contribution is -2.52. The van der Waals surface area contributed by atoms with Gasteiger partial charge in [0.15, 0.2) is 0 Å². The lowest BCUT2D eigenvalue weighted by atomic mass is 9.91. The van der Waals surface area contributed by atoms with E-state index in [-0.39, 0.29) is 6.03 Å². The highest BCUT2D eigenvalue weighted by Gasteiger charge is 2.32. The van der Waals surface area contributed by atoms with Gasteiger partial charge in [0.2, 0.25) is 0 Å². The number of benzene rings is 2. The van der Waals surface area contributed by atoms with Crippen molar-refractivity contribution in [3.8, 4) is 0 Å². The average molecular weight is 445 g/mol. The first-order chi connectivity index (χ1) is 15.9. The molecule has 2 heterocycles. The van der Waals surface area contributed by atoms with Crippen molar-refractivity contribution >= 4 is 29.1 Å². The van der Waals surface area contributed by atoms with Crippen molar-refractivity contribution in [3.63, 3.8) is 0 Å². The molecular weight excluding hydrogens is 416 g/mol. The van der Waals surface area contributed by atoms with Crippen LogP contribution in [0.25, 0.3) is 0 Å². The van der Waals surface area contributed by atoms with Gasteiger partial charge in [0, 0.05) is 57.6 Å². The number of hydrogen-bond acceptors (Lipinski definition) is 5. The Morgan fingerprint density at radius 2 is 1.79 bits per heavy atom. The van der Waals surface area contributed by atoms with Gasteiger partial charge in [-0.05, 0) is 23.3 Å². The first-order valence-corrected chi connectivity index (χ1v) is 10.8. The van der Waals surface area contributed by atoms with E-state index in [0.29, 0.717) is 29.5 Å². The second-order valence-corrected chi connectivity index (χ2v) is 8.34. The summed E-state index contributed by atoms with van der Waals surface area (Å²) in [6, 6.07) is 19.9. The van der Waals surface area contributed by atoms with E-state index in [1.165, 1.54) is 11.8 Å². The Labute approximate surface area is 193 Å². The Hall–Kier alpha value is -4.07. The monoisotopic (exact) mass is 444 g/mol. The van der Waals surface area contributed by atoms with Gasteiger partial charge in [-0.15, -0.1) is 0 Å². The first kappa shape index (κ1) is 22.1. The lowest BCUT2D eigenvalue weighted by Gasteiger charge is -2.40. The molecule has 1 aromatic heterocycles. The molecule has 0 saturated carbocycles. The van der Waals surface area contributed by atoms with E-state index in [4.69, 9.17) is 5.73 Å². The van der Waals surface area contributed by atoms with E-state index in [1.54, 1.807) is 25.1 Å². The van der Waals surface area contributed by atoms with Crippen LogP contribution < -0.4 is 16.4 Å². The third-order valence-corrected chi connectivity index (χ3v) is 5.68. The number of pyridine rings is 1. The summed E-state index contributed by atoms with van der Waals surface area (Å²) in [4.78, 5) is 31.6. The quantitative estimate of drug-likeness (QED) is 0.516. The number of likely N-dealkylation sites (tertiary alicyclic amines) is 1. The van der Waals surface area contributed by atoms with Crippen LogP contribution in [0.15, 0.2) is 66.9 Å². The molecule has 1 aliphatic rings. The number of amides is 3. The van der Waals surface area contributed by atoms with E-state index in [1.807, 2.05) is 47.4 Å². The maximum absolute atomic E-state index is 12.0. The SMILES string of the molecule is CN(C)C(=O)N1CC(c2ccc(Nc3cc(NCc4ccccc4)c(C(N)=O)cn3)cc2)C1. The molecular formula is C25H28N6O2. The van der Waals surface area contributed by atoms with Crippen LogP contribution in [-0.4, -0.2) is 53.9 Å². The van der Waals surface area contributed by atoms with Crippen LogP contribution in [-0.2, 0) is 6.54 Å². The molecule has 1 saturated heterocycles. The molecule has 8 heteroatoms. The minimum absolute atomic E-state index is 0.0479. The molecule has 3 aromatic rings. The third-order valence-electron chi connectivity index (χ3n) is 5.68. The molecule has 8 nitrogen and oxygen atoms in total. The molecule has 1 fully saturated rings. The highest BCUT2D eigenvalue weighted by molar-refractivity contribution is 5.98. The summed E-state index contributed by atoms with van der Waals surface area (Å²) >= 11 is 0. The number of nitrogens with two attached hydrogens (primary N) is 1. The van der Waals surface area contributed by atoms with E-state index in [0.717, 1.165) is 24.3 Å². The number of carbonyl (C=O) groups excluding carboxylic acids is 2. The molecule has 0 radical (unpaired) electrons. The minimum atomic E-state index is -0.531. The summed E-state index contributed by atoms with van der Waals surface area (Å²) in [5, 5.41) is 6.56. The number of anilines is 3. The van der Waals surface area contributed by atoms with Crippen molar-refractivity contribution in [1.82, 2.24) is 14.8 Å². The number of hydrogen-bond donors (Lipinski definition) is 3. The highest BCUT2D eigenvalue weighted by atomic mass is 16.2. The fraction of sp³-hybridized carbons (Fsp3) is 0.240. The molecule has 170 valence electrons. The van der Waals surface area contributed by atoms with Crippen molar-refractivity contribution < 1.29 is 9.59 Å². The van der Waals surface area contributed by atoms with Crippen molar-refractivity contribution in [2.75, 3.05) is 37.8 Å². The van der Waals surface area contributed by atoms with E-state index in [9.17, 15) is 9.59 Å². The van der Waals surface area contributed by atoms with Crippen molar-refractivity contribution in [3.05, 3.63) is 83.6 Å². The molecule has 3 amide bonds. The van der Waals surface area contributed by atoms with E-state index in [2.05, 4.69) is 27.8 Å². The predicted octanol–water partition coefficient (Wildman–Crippen LogP) is 3.62. The van der Waals surface area contributed by atoms with Crippen LogP contribution in [0.5, 0.6) is 0 Å². The van der Waals surface area contributed by atoms with Crippen molar-refractivity contribution in [2.24, 2.45) is 5.73 Å². The topological polar surface area (TPSA) is 104 Å². The van der Waals surface area contributed by atoms with Crippen molar-refractivity contribution in [1.29, 1.82) is 0 Å². The molecule has 2 aromatic carbocycles. The number of rotatable bonds is 7. The lowest BCUT2D eigenvalue weighted by molar-refractivity contribution is 0.100. The van der Waals surface area contributed by atoms with Gasteiger partial charge in [-0.1, -0.05) is 42.5 Å². The molecule has 0 aliphatic carbocycles. The summed E-state index contributed by atoms with van der Waals surface area (Å²) in [6.45, 7) is 2.03. The second kappa shape index (κ2) is 9.60. The average Bonchev–Trinajstić information content (AvgIpc) is 2.78. The number of urea groups is 1. The summed E-state index contributed by atoms with van der Waals surface area (Å²) in [6.07, 6.45) is 1.48. The zero-order valence-electron chi connectivity index (χ0n) is 18.8. The predicted molar refractivity (Wildman–Crippen MR) is 130 cm³/mol. The molecule has 4 rings (SSSR count). The molecule has 0 unspecified atom stereocenters. The van der Waals surface area contributed by atoms with Gasteiger partial charge in [-0.3, -0.25) is 4.79 Å². The summed E-state index contributed by atoms with van der Waals surface area (Å²) in [7, 11) is 3.53. The second-order valence-electron chi connectivity index (χ2n) is 8.34. The van der Waals surface area contributed by atoms with Crippen LogP contribution in [0.3, 0.4) is 0 Å². The molecule has 0 bridgehead atoms. The van der Waals surface area contributed by atoms with Gasteiger partial charge < -0.3 is 26.2 Å². The summed E-state index contributed by atoms with van der Waals surface area (Å²) in [5.41, 5.74) is 9.67. The molecule has 33 heavy (non-hydrogen) atoms. The number of carbonyl (C=O) groups is 2. The molecule has 4 N–H and O–H groups in total. The van der Waals surface area contributed by atoms with Crippen LogP contribution in [0.1, 0.15) is 27.4 Å². The van der Waals surface area contributed by atoms with Gasteiger partial charge in [0.25, 0.3) is 5.91 Å². The van der Waals surface area contributed by atoms with Gasteiger partial charge >= 0.3 is 6.03 Å². The van der Waals surface area contributed by atoms with E-state index < -0.39 is 5.91 Å². The third kappa shape index (κ3) is 5.23. The fourth-order valence-corrected chi connectivity index (χ4v) is 3.77. The number of primary amides is 1. The van der Waals surface area contributed by atoms with Crippen LogP contribution >= 0.6 is 0 Å². The van der Waals surface area contributed by atoms with Crippen molar-refractivity contribution in [2.45, 2.75) is 12.5 Å². The van der Waals surface area contributed by atoms with Crippen LogP contribution in [0.2, 0.25) is 0 Å². The standard InChI is InChI=1S/C25H28N6O2/c1-30(2)25(33)31-15-19(16-31)18-8-10-20(11-9-18)29-23-12-22(21(14-28-23)24(26)32)27-13-17-6-4-3-5-7-17/h3-12,14,19H,13,15-16H2,1-2H3,(H2,26,32)(H2,27,28,29). The van der Waals surface area contributed by atoms with Gasteiger partial charge in [-0.25, -0.2) is 9.78 Å². The summed E-state index contributed by atoms with van der Waals surface area (Å²) in [5.74, 6) is 0.427. The maximum Gasteiger partial charge on any atom is 0.319 e. The Kier molecular flexibility index (Phi) is 6.44. The first-order valence-electron chi connectivity index (χ1n) is 10.8. The zero-order valence-corrected chi connectivity index (χ0v) is 18.8. The Morgan fingerprint density at radius 3 is 2.42 bits per heavy atom. The molecule has 1 aliphatic heterocycles. The Balaban J connectivity index is 1.41. The fourth-order valence-electron chi connectivity index (χ4n) is 3.77. The highest BCUT2D eigenvalue weighted by Crippen LogP contribution is 2.29. The largest absolute Gasteiger partial charge is 0.380 e. The Bertz CT molecular complexity index is 1130. The number of aromatic nitrogens is 1. The smallest absolute Gasteiger partial charge is 0.319 e. The van der Waals surface area contributed by atoms with Gasteiger partial charge in [0.05, 0.1) is 11.3 Å². The Morgan fingerprint density at radius 1 is 1.09 bits per heavy atom.